The highest BCUT2D eigenvalue weighted by Gasteiger charge is 2.11. The first-order chi connectivity index (χ1) is 8.70. The molecule has 0 unspecified atom stereocenters. The van der Waals surface area contributed by atoms with Crippen molar-refractivity contribution in [3.8, 4) is 0 Å². The number of carbonyl (C=O) groups excluding carboxylic acids is 1. The minimum absolute atomic E-state index is 0.252. The zero-order chi connectivity index (χ0) is 13.0. The molecule has 0 aliphatic rings. The van der Waals surface area contributed by atoms with Gasteiger partial charge in [-0.1, -0.05) is 12.1 Å². The summed E-state index contributed by atoms with van der Waals surface area (Å²) in [5.74, 6) is -0.252. The van der Waals surface area contributed by atoms with Gasteiger partial charge in [0.15, 0.2) is 0 Å². The van der Waals surface area contributed by atoms with Gasteiger partial charge in [-0.05, 0) is 30.7 Å². The van der Waals surface area contributed by atoms with E-state index < -0.39 is 0 Å². The number of esters is 1. The van der Waals surface area contributed by atoms with Gasteiger partial charge in [0.1, 0.15) is 6.04 Å². The van der Waals surface area contributed by atoms with Crippen molar-refractivity contribution in [3.63, 3.8) is 0 Å². The first-order valence-corrected chi connectivity index (χ1v) is 5.85. The van der Waals surface area contributed by atoms with E-state index in [4.69, 9.17) is 0 Å². The second-order valence-corrected chi connectivity index (χ2v) is 4.16. The molecular weight excluding hydrogens is 228 g/mol. The van der Waals surface area contributed by atoms with Crippen molar-refractivity contribution in [2.45, 2.75) is 19.5 Å². The Morgan fingerprint density at radius 1 is 1.44 bits per heavy atom. The van der Waals surface area contributed by atoms with Crippen LogP contribution < -0.4 is 5.32 Å². The molecule has 2 rings (SSSR count). The van der Waals surface area contributed by atoms with E-state index in [2.05, 4.69) is 21.1 Å². The molecule has 0 saturated carbocycles. The maximum atomic E-state index is 11.3. The number of rotatable bonds is 4. The van der Waals surface area contributed by atoms with Crippen molar-refractivity contribution in [1.29, 1.82) is 0 Å². The molecule has 0 radical (unpaired) electrons. The number of methoxy groups -OCH3 is 1. The fraction of sp³-hybridized carbons (Fsp3) is 0.286. The molecule has 94 valence electrons. The monoisotopic (exact) mass is 244 g/mol. The molecule has 2 aromatic rings. The van der Waals surface area contributed by atoms with Crippen LogP contribution in [-0.4, -0.2) is 24.1 Å². The first kappa shape index (κ1) is 12.5. The highest BCUT2D eigenvalue weighted by atomic mass is 16.5. The van der Waals surface area contributed by atoms with Gasteiger partial charge in [-0.25, -0.2) is 0 Å². The summed E-state index contributed by atoms with van der Waals surface area (Å²) in [5.41, 5.74) is 2.09. The van der Waals surface area contributed by atoms with Gasteiger partial charge in [0, 0.05) is 18.1 Å². The van der Waals surface area contributed by atoms with Gasteiger partial charge in [0.25, 0.3) is 0 Å². The molecule has 1 heterocycles. The van der Waals surface area contributed by atoms with Crippen molar-refractivity contribution in [2.75, 3.05) is 7.11 Å². The summed E-state index contributed by atoms with van der Waals surface area (Å²) in [4.78, 5) is 15.5. The van der Waals surface area contributed by atoms with E-state index in [0.717, 1.165) is 16.5 Å². The predicted molar refractivity (Wildman–Crippen MR) is 70.1 cm³/mol. The molecular formula is C14H16N2O2. The number of nitrogens with one attached hydrogen (secondary N) is 1. The summed E-state index contributed by atoms with van der Waals surface area (Å²) in [7, 11) is 1.39. The Morgan fingerprint density at radius 2 is 2.28 bits per heavy atom. The quantitative estimate of drug-likeness (QED) is 0.834. The Kier molecular flexibility index (Phi) is 3.89. The summed E-state index contributed by atoms with van der Waals surface area (Å²) in [5, 5.41) is 4.22. The number of ether oxygens (including phenoxy) is 1. The van der Waals surface area contributed by atoms with Gasteiger partial charge >= 0.3 is 5.97 Å². The molecule has 1 atom stereocenters. The molecule has 1 aromatic carbocycles. The van der Waals surface area contributed by atoms with Crippen LogP contribution in [-0.2, 0) is 16.1 Å². The zero-order valence-corrected chi connectivity index (χ0v) is 10.5. The predicted octanol–water partition coefficient (Wildman–Crippen LogP) is 1.89. The molecule has 4 nitrogen and oxygen atoms in total. The van der Waals surface area contributed by atoms with Crippen LogP contribution in [0.25, 0.3) is 10.9 Å². The number of hydrogen-bond donors (Lipinski definition) is 1. The number of aromatic nitrogens is 1. The van der Waals surface area contributed by atoms with Gasteiger partial charge in [-0.15, -0.1) is 0 Å². The van der Waals surface area contributed by atoms with E-state index in [9.17, 15) is 4.79 Å². The third-order valence-electron chi connectivity index (χ3n) is 2.83. The van der Waals surface area contributed by atoms with Crippen molar-refractivity contribution >= 4 is 16.9 Å². The van der Waals surface area contributed by atoms with E-state index in [1.54, 1.807) is 13.1 Å². The Hall–Kier alpha value is -1.94. The van der Waals surface area contributed by atoms with Crippen molar-refractivity contribution in [1.82, 2.24) is 10.3 Å². The van der Waals surface area contributed by atoms with E-state index >= 15 is 0 Å². The molecule has 1 aromatic heterocycles. The van der Waals surface area contributed by atoms with Crippen LogP contribution in [0.5, 0.6) is 0 Å². The number of nitrogens with zero attached hydrogens (tertiary/aromatic N) is 1. The minimum atomic E-state index is -0.306. The van der Waals surface area contributed by atoms with Crippen LogP contribution in [0, 0.1) is 0 Å². The molecule has 0 bridgehead atoms. The van der Waals surface area contributed by atoms with E-state index in [1.807, 2.05) is 24.3 Å². The molecule has 0 fully saturated rings. The summed E-state index contributed by atoms with van der Waals surface area (Å²) in [6.45, 7) is 2.41. The zero-order valence-electron chi connectivity index (χ0n) is 10.5. The highest BCUT2D eigenvalue weighted by Crippen LogP contribution is 2.13. The lowest BCUT2D eigenvalue weighted by Gasteiger charge is -2.11. The van der Waals surface area contributed by atoms with Crippen molar-refractivity contribution in [2.24, 2.45) is 0 Å². The van der Waals surface area contributed by atoms with Gasteiger partial charge in [0.2, 0.25) is 0 Å². The van der Waals surface area contributed by atoms with Gasteiger partial charge in [-0.2, -0.15) is 0 Å². The molecule has 1 N–H and O–H groups in total. The molecule has 18 heavy (non-hydrogen) atoms. The minimum Gasteiger partial charge on any atom is -0.468 e. The van der Waals surface area contributed by atoms with Crippen molar-refractivity contribution in [3.05, 3.63) is 42.1 Å². The topological polar surface area (TPSA) is 51.2 Å². The van der Waals surface area contributed by atoms with Crippen LogP contribution >= 0.6 is 0 Å². The second-order valence-electron chi connectivity index (χ2n) is 4.16. The normalized spacial score (nSPS) is 12.3. The Balaban J connectivity index is 2.06. The molecule has 0 amide bonds. The SMILES string of the molecule is COC(=O)[C@@H](C)NCc1ccc2ncccc2c1. The lowest BCUT2D eigenvalue weighted by molar-refractivity contribution is -0.142. The Bertz CT molecular complexity index is 554. The maximum absolute atomic E-state index is 11.3. The Labute approximate surface area is 106 Å². The van der Waals surface area contributed by atoms with E-state index in [0.29, 0.717) is 6.54 Å². The molecule has 0 aliphatic heterocycles. The van der Waals surface area contributed by atoms with Crippen LogP contribution in [0.1, 0.15) is 12.5 Å². The highest BCUT2D eigenvalue weighted by molar-refractivity contribution is 5.79. The standard InChI is InChI=1S/C14H16N2O2/c1-10(14(17)18-2)16-9-11-5-6-13-12(8-11)4-3-7-15-13/h3-8,10,16H,9H2,1-2H3/t10-/m1/s1. The largest absolute Gasteiger partial charge is 0.468 e. The second kappa shape index (κ2) is 5.60. The van der Waals surface area contributed by atoms with E-state index in [-0.39, 0.29) is 12.0 Å². The molecule has 0 spiro atoms. The van der Waals surface area contributed by atoms with Gasteiger partial charge < -0.3 is 10.1 Å². The first-order valence-electron chi connectivity index (χ1n) is 5.85. The summed E-state index contributed by atoms with van der Waals surface area (Å²) in [6, 6.07) is 9.69. The summed E-state index contributed by atoms with van der Waals surface area (Å²) >= 11 is 0. The molecule has 0 saturated heterocycles. The van der Waals surface area contributed by atoms with Gasteiger partial charge in [0.05, 0.1) is 12.6 Å². The Morgan fingerprint density at radius 3 is 3.06 bits per heavy atom. The lowest BCUT2D eigenvalue weighted by Crippen LogP contribution is -2.34. The van der Waals surface area contributed by atoms with Crippen LogP contribution in [0.3, 0.4) is 0 Å². The summed E-state index contributed by atoms with van der Waals surface area (Å²) < 4.78 is 4.66. The number of fused-ring (bicyclic) bond motifs is 1. The van der Waals surface area contributed by atoms with Gasteiger partial charge in [-0.3, -0.25) is 9.78 Å². The third-order valence-corrected chi connectivity index (χ3v) is 2.83. The average molecular weight is 244 g/mol. The number of hydrogen-bond acceptors (Lipinski definition) is 4. The number of pyridine rings is 1. The maximum Gasteiger partial charge on any atom is 0.322 e. The van der Waals surface area contributed by atoms with Crippen LogP contribution in [0.2, 0.25) is 0 Å². The average Bonchev–Trinajstić information content (AvgIpc) is 2.43. The van der Waals surface area contributed by atoms with E-state index in [1.165, 1.54) is 7.11 Å². The molecule has 4 heteroatoms. The van der Waals surface area contributed by atoms with Crippen LogP contribution in [0.15, 0.2) is 36.5 Å². The fourth-order valence-corrected chi connectivity index (χ4v) is 1.77. The smallest absolute Gasteiger partial charge is 0.322 e. The van der Waals surface area contributed by atoms with Crippen molar-refractivity contribution < 1.29 is 9.53 Å². The third kappa shape index (κ3) is 2.84. The van der Waals surface area contributed by atoms with Crippen LogP contribution in [0.4, 0.5) is 0 Å². The lowest BCUT2D eigenvalue weighted by atomic mass is 10.1. The number of benzene rings is 1. The molecule has 0 aliphatic carbocycles. The number of carbonyl (C=O) groups is 1. The summed E-state index contributed by atoms with van der Waals surface area (Å²) in [6.07, 6.45) is 1.78. The fourth-order valence-electron chi connectivity index (χ4n) is 1.77.